The Bertz CT molecular complexity index is 356. The van der Waals surface area contributed by atoms with Crippen molar-refractivity contribution in [3.8, 4) is 0 Å². The van der Waals surface area contributed by atoms with Gasteiger partial charge in [0.1, 0.15) is 0 Å². The molecular weight excluding hydrogens is 232 g/mol. The summed E-state index contributed by atoms with van der Waals surface area (Å²) in [6.07, 6.45) is 6.34. The molecule has 0 amide bonds. The van der Waals surface area contributed by atoms with E-state index >= 15 is 0 Å². The minimum absolute atomic E-state index is 0.665. The van der Waals surface area contributed by atoms with Crippen molar-refractivity contribution in [2.24, 2.45) is 0 Å². The molecule has 0 saturated carbocycles. The van der Waals surface area contributed by atoms with Gasteiger partial charge in [-0.2, -0.15) is 0 Å². The average Bonchev–Trinajstić information content (AvgIpc) is 2.46. The van der Waals surface area contributed by atoms with Gasteiger partial charge in [-0.15, -0.1) is 0 Å². The Balaban J connectivity index is 1.93. The van der Waals surface area contributed by atoms with Gasteiger partial charge in [-0.1, -0.05) is 38.8 Å². The first-order valence-electron chi connectivity index (χ1n) is 7.90. The number of benzene rings is 1. The lowest BCUT2D eigenvalue weighted by Gasteiger charge is -2.35. The van der Waals surface area contributed by atoms with Crippen molar-refractivity contribution >= 4 is 5.69 Å². The molecule has 1 saturated heterocycles. The van der Waals surface area contributed by atoms with E-state index in [-0.39, 0.29) is 0 Å². The number of piperazine rings is 1. The van der Waals surface area contributed by atoms with E-state index in [1.807, 2.05) is 0 Å². The number of nitrogens with zero attached hydrogens (tertiary/aromatic N) is 1. The van der Waals surface area contributed by atoms with Crippen molar-refractivity contribution in [3.05, 3.63) is 29.8 Å². The zero-order chi connectivity index (χ0) is 13.5. The summed E-state index contributed by atoms with van der Waals surface area (Å²) in [7, 11) is 0. The summed E-state index contributed by atoms with van der Waals surface area (Å²) < 4.78 is 0. The van der Waals surface area contributed by atoms with Gasteiger partial charge in [0.05, 0.1) is 0 Å². The minimum atomic E-state index is 0.665. The lowest BCUT2D eigenvalue weighted by atomic mass is 10.1. The fraction of sp³-hybridized carbons (Fsp3) is 0.647. The second kappa shape index (κ2) is 7.54. The molecular formula is C17H28N2. The summed E-state index contributed by atoms with van der Waals surface area (Å²) in [5, 5.41) is 3.62. The van der Waals surface area contributed by atoms with Gasteiger partial charge in [0.25, 0.3) is 0 Å². The van der Waals surface area contributed by atoms with Gasteiger partial charge in [-0.3, -0.25) is 0 Å². The van der Waals surface area contributed by atoms with Crippen LogP contribution in [-0.2, 0) is 6.42 Å². The minimum Gasteiger partial charge on any atom is -0.369 e. The van der Waals surface area contributed by atoms with E-state index < -0.39 is 0 Å². The summed E-state index contributed by atoms with van der Waals surface area (Å²) in [5.74, 6) is 0. The van der Waals surface area contributed by atoms with Crippen molar-refractivity contribution in [1.82, 2.24) is 5.32 Å². The first kappa shape index (κ1) is 14.4. The normalized spacial score (nSPS) is 19.7. The topological polar surface area (TPSA) is 15.3 Å². The predicted octanol–water partition coefficient (Wildman–Crippen LogP) is 3.61. The number of hydrogen-bond donors (Lipinski definition) is 1. The molecule has 0 aromatic heterocycles. The van der Waals surface area contributed by atoms with Gasteiger partial charge >= 0.3 is 0 Å². The summed E-state index contributed by atoms with van der Waals surface area (Å²) in [4.78, 5) is 2.53. The molecule has 1 aliphatic heterocycles. The van der Waals surface area contributed by atoms with Gasteiger partial charge in [0.2, 0.25) is 0 Å². The number of hydrogen-bond acceptors (Lipinski definition) is 2. The highest BCUT2D eigenvalue weighted by molar-refractivity contribution is 5.48. The van der Waals surface area contributed by atoms with E-state index in [1.54, 1.807) is 0 Å². The molecule has 0 radical (unpaired) electrons. The van der Waals surface area contributed by atoms with Crippen LogP contribution < -0.4 is 10.2 Å². The van der Waals surface area contributed by atoms with E-state index in [0.29, 0.717) is 6.04 Å². The maximum Gasteiger partial charge on any atom is 0.0367 e. The third kappa shape index (κ3) is 4.24. The van der Waals surface area contributed by atoms with Crippen LogP contribution in [0.5, 0.6) is 0 Å². The van der Waals surface area contributed by atoms with Crippen molar-refractivity contribution in [3.63, 3.8) is 0 Å². The molecule has 1 N–H and O–H groups in total. The molecule has 1 aromatic carbocycles. The van der Waals surface area contributed by atoms with Gasteiger partial charge < -0.3 is 10.2 Å². The van der Waals surface area contributed by atoms with Crippen LogP contribution in [0.2, 0.25) is 0 Å². The monoisotopic (exact) mass is 260 g/mol. The first-order valence-corrected chi connectivity index (χ1v) is 7.90. The van der Waals surface area contributed by atoms with Gasteiger partial charge in [0, 0.05) is 31.4 Å². The molecule has 2 nitrogen and oxygen atoms in total. The van der Waals surface area contributed by atoms with Crippen molar-refractivity contribution < 1.29 is 0 Å². The molecule has 2 rings (SSSR count). The number of rotatable bonds is 6. The smallest absolute Gasteiger partial charge is 0.0367 e. The van der Waals surface area contributed by atoms with Crippen molar-refractivity contribution in [2.75, 3.05) is 24.5 Å². The number of aryl methyl sites for hydroxylation is 1. The van der Waals surface area contributed by atoms with Crippen LogP contribution in [-0.4, -0.2) is 25.7 Å². The van der Waals surface area contributed by atoms with Gasteiger partial charge in [0.15, 0.2) is 0 Å². The first-order chi connectivity index (χ1) is 9.33. The fourth-order valence-electron chi connectivity index (χ4n) is 2.86. The van der Waals surface area contributed by atoms with Crippen molar-refractivity contribution in [2.45, 2.75) is 52.0 Å². The Hall–Kier alpha value is -1.02. The SMILES string of the molecule is CCCCc1ccc(N2CCNC(CCC)C2)cc1. The number of nitrogens with one attached hydrogen (secondary N) is 1. The highest BCUT2D eigenvalue weighted by atomic mass is 15.2. The summed E-state index contributed by atoms with van der Waals surface area (Å²) in [6.45, 7) is 7.92. The quantitative estimate of drug-likeness (QED) is 0.840. The molecule has 1 unspecified atom stereocenters. The van der Waals surface area contributed by atoms with Crippen LogP contribution in [0.15, 0.2) is 24.3 Å². The van der Waals surface area contributed by atoms with Crippen LogP contribution >= 0.6 is 0 Å². The summed E-state index contributed by atoms with van der Waals surface area (Å²) in [5.41, 5.74) is 2.87. The molecule has 1 aliphatic rings. The molecule has 2 heteroatoms. The van der Waals surface area contributed by atoms with Crippen LogP contribution in [0.3, 0.4) is 0 Å². The molecule has 1 atom stereocenters. The Labute approximate surface area is 118 Å². The zero-order valence-corrected chi connectivity index (χ0v) is 12.5. The van der Waals surface area contributed by atoms with E-state index in [2.05, 4.69) is 48.3 Å². The van der Waals surface area contributed by atoms with E-state index in [4.69, 9.17) is 0 Å². The van der Waals surface area contributed by atoms with Gasteiger partial charge in [-0.05, 0) is 37.0 Å². The second-order valence-corrected chi connectivity index (χ2v) is 5.66. The molecule has 1 fully saturated rings. The number of unbranched alkanes of at least 4 members (excludes halogenated alkanes) is 1. The lowest BCUT2D eigenvalue weighted by Crippen LogP contribution is -2.50. The van der Waals surface area contributed by atoms with Gasteiger partial charge in [-0.25, -0.2) is 0 Å². The highest BCUT2D eigenvalue weighted by Gasteiger charge is 2.18. The maximum absolute atomic E-state index is 3.62. The lowest BCUT2D eigenvalue weighted by molar-refractivity contribution is 0.431. The summed E-state index contributed by atoms with van der Waals surface area (Å²) in [6, 6.07) is 9.89. The van der Waals surface area contributed by atoms with E-state index in [1.165, 1.54) is 43.4 Å². The molecule has 0 spiro atoms. The van der Waals surface area contributed by atoms with E-state index in [0.717, 1.165) is 19.6 Å². The third-order valence-corrected chi connectivity index (χ3v) is 4.01. The Morgan fingerprint density at radius 1 is 1.16 bits per heavy atom. The Morgan fingerprint density at radius 3 is 2.63 bits per heavy atom. The standard InChI is InChI=1S/C17H28N2/c1-3-5-7-15-8-10-17(11-9-15)19-13-12-18-16(14-19)6-4-2/h8-11,16,18H,3-7,12-14H2,1-2H3. The molecule has 1 aromatic rings. The Morgan fingerprint density at radius 2 is 1.95 bits per heavy atom. The molecule has 106 valence electrons. The second-order valence-electron chi connectivity index (χ2n) is 5.66. The molecule has 0 bridgehead atoms. The van der Waals surface area contributed by atoms with E-state index in [9.17, 15) is 0 Å². The third-order valence-electron chi connectivity index (χ3n) is 4.01. The highest BCUT2D eigenvalue weighted by Crippen LogP contribution is 2.19. The van der Waals surface area contributed by atoms with Crippen molar-refractivity contribution in [1.29, 1.82) is 0 Å². The molecule has 1 heterocycles. The van der Waals surface area contributed by atoms with Crippen LogP contribution in [0.4, 0.5) is 5.69 Å². The predicted molar refractivity (Wildman–Crippen MR) is 84.0 cm³/mol. The van der Waals surface area contributed by atoms with Crippen LogP contribution in [0.25, 0.3) is 0 Å². The number of anilines is 1. The maximum atomic E-state index is 3.62. The molecule has 0 aliphatic carbocycles. The Kier molecular flexibility index (Phi) is 5.71. The fourth-order valence-corrected chi connectivity index (χ4v) is 2.86. The summed E-state index contributed by atoms with van der Waals surface area (Å²) >= 11 is 0. The largest absolute Gasteiger partial charge is 0.369 e. The zero-order valence-electron chi connectivity index (χ0n) is 12.5. The van der Waals surface area contributed by atoms with Crippen LogP contribution in [0.1, 0.15) is 45.1 Å². The average molecular weight is 260 g/mol. The van der Waals surface area contributed by atoms with Crippen LogP contribution in [0, 0.1) is 0 Å². The molecule has 19 heavy (non-hydrogen) atoms.